The van der Waals surface area contributed by atoms with Gasteiger partial charge in [0.2, 0.25) is 0 Å². The lowest BCUT2D eigenvalue weighted by Crippen LogP contribution is -2.43. The van der Waals surface area contributed by atoms with Crippen molar-refractivity contribution in [3.8, 4) is 0 Å². The van der Waals surface area contributed by atoms with Crippen molar-refractivity contribution in [1.29, 1.82) is 0 Å². The van der Waals surface area contributed by atoms with E-state index >= 15 is 0 Å². The minimum Gasteiger partial charge on any atom is -0.393 e. The Morgan fingerprint density at radius 3 is 2.80 bits per heavy atom. The van der Waals surface area contributed by atoms with Crippen molar-refractivity contribution in [1.82, 2.24) is 5.32 Å². The molecule has 3 heteroatoms. The summed E-state index contributed by atoms with van der Waals surface area (Å²) in [4.78, 5) is 0. The molecule has 0 amide bonds. The standard InChI is InChI=1S/C12H16ClNO/c1-8-2-3-9(12(13)4-8)7-14-10-5-11(15)6-10/h2-4,10-11,14-15H,5-7H2,1H3. The summed E-state index contributed by atoms with van der Waals surface area (Å²) in [6.07, 6.45) is 1.63. The van der Waals surface area contributed by atoms with Crippen LogP contribution in [0, 0.1) is 6.92 Å². The first-order chi connectivity index (χ1) is 7.15. The van der Waals surface area contributed by atoms with Gasteiger partial charge >= 0.3 is 0 Å². The lowest BCUT2D eigenvalue weighted by Gasteiger charge is -2.32. The van der Waals surface area contributed by atoms with E-state index < -0.39 is 0 Å². The largest absolute Gasteiger partial charge is 0.393 e. The zero-order valence-electron chi connectivity index (χ0n) is 8.83. The molecule has 2 N–H and O–H groups in total. The molecule has 0 radical (unpaired) electrons. The summed E-state index contributed by atoms with van der Waals surface area (Å²) in [7, 11) is 0. The third kappa shape index (κ3) is 2.71. The van der Waals surface area contributed by atoms with Crippen molar-refractivity contribution in [2.24, 2.45) is 0 Å². The van der Waals surface area contributed by atoms with Crippen molar-refractivity contribution >= 4 is 11.6 Å². The van der Waals surface area contributed by atoms with Gasteiger partial charge in [-0.15, -0.1) is 0 Å². The Morgan fingerprint density at radius 1 is 1.47 bits per heavy atom. The number of aliphatic hydroxyl groups excluding tert-OH is 1. The maximum Gasteiger partial charge on any atom is 0.0570 e. The predicted octanol–water partition coefficient (Wildman–Crippen LogP) is 2.26. The van der Waals surface area contributed by atoms with Crippen LogP contribution in [0.25, 0.3) is 0 Å². The Kier molecular flexibility index (Phi) is 3.29. The summed E-state index contributed by atoms with van der Waals surface area (Å²) in [5.74, 6) is 0. The molecule has 0 aliphatic heterocycles. The van der Waals surface area contributed by atoms with Crippen LogP contribution in [0.15, 0.2) is 18.2 Å². The van der Waals surface area contributed by atoms with E-state index in [0.717, 1.165) is 30.0 Å². The lowest BCUT2D eigenvalue weighted by molar-refractivity contribution is 0.0619. The number of aryl methyl sites for hydroxylation is 1. The van der Waals surface area contributed by atoms with Gasteiger partial charge in [-0.3, -0.25) is 0 Å². The zero-order valence-corrected chi connectivity index (χ0v) is 9.59. The Hall–Kier alpha value is -0.570. The number of hydrogen-bond donors (Lipinski definition) is 2. The van der Waals surface area contributed by atoms with Gasteiger partial charge in [-0.1, -0.05) is 23.7 Å². The highest BCUT2D eigenvalue weighted by molar-refractivity contribution is 6.31. The highest BCUT2D eigenvalue weighted by Gasteiger charge is 2.26. The van der Waals surface area contributed by atoms with Crippen molar-refractivity contribution in [2.45, 2.75) is 38.5 Å². The van der Waals surface area contributed by atoms with Crippen molar-refractivity contribution < 1.29 is 5.11 Å². The summed E-state index contributed by atoms with van der Waals surface area (Å²) >= 11 is 6.11. The van der Waals surface area contributed by atoms with E-state index in [0.29, 0.717) is 6.04 Å². The van der Waals surface area contributed by atoms with Gasteiger partial charge in [0, 0.05) is 17.6 Å². The van der Waals surface area contributed by atoms with Crippen LogP contribution < -0.4 is 5.32 Å². The van der Waals surface area contributed by atoms with E-state index in [-0.39, 0.29) is 6.10 Å². The lowest BCUT2D eigenvalue weighted by atomic mass is 9.89. The molecule has 15 heavy (non-hydrogen) atoms. The zero-order chi connectivity index (χ0) is 10.8. The first-order valence-corrected chi connectivity index (χ1v) is 5.69. The third-order valence-corrected chi connectivity index (χ3v) is 3.25. The summed E-state index contributed by atoms with van der Waals surface area (Å²) in [5.41, 5.74) is 2.31. The molecule has 1 aromatic rings. The molecule has 1 aliphatic carbocycles. The molecule has 0 bridgehead atoms. The quantitative estimate of drug-likeness (QED) is 0.827. The minimum atomic E-state index is -0.101. The van der Waals surface area contributed by atoms with Gasteiger partial charge in [-0.25, -0.2) is 0 Å². The van der Waals surface area contributed by atoms with Crippen LogP contribution in [0.1, 0.15) is 24.0 Å². The van der Waals surface area contributed by atoms with Gasteiger partial charge in [-0.05, 0) is 37.0 Å². The molecule has 0 heterocycles. The van der Waals surface area contributed by atoms with Gasteiger partial charge in [-0.2, -0.15) is 0 Å². The molecule has 1 aromatic carbocycles. The average Bonchev–Trinajstić information content (AvgIpc) is 2.13. The van der Waals surface area contributed by atoms with Gasteiger partial charge in [0.15, 0.2) is 0 Å². The molecule has 0 atom stereocenters. The average molecular weight is 226 g/mol. The maximum absolute atomic E-state index is 9.14. The topological polar surface area (TPSA) is 32.3 Å². The number of aliphatic hydroxyl groups is 1. The van der Waals surface area contributed by atoms with E-state index in [2.05, 4.69) is 17.4 Å². The van der Waals surface area contributed by atoms with Crippen molar-refractivity contribution in [2.75, 3.05) is 0 Å². The Bertz CT molecular complexity index is 347. The van der Waals surface area contributed by atoms with Crippen LogP contribution >= 0.6 is 11.6 Å². The molecule has 2 nitrogen and oxygen atoms in total. The van der Waals surface area contributed by atoms with Gasteiger partial charge in [0.25, 0.3) is 0 Å². The van der Waals surface area contributed by atoms with E-state index in [9.17, 15) is 0 Å². The van der Waals surface area contributed by atoms with E-state index in [1.807, 2.05) is 13.0 Å². The second-order valence-corrected chi connectivity index (χ2v) is 4.71. The molecular formula is C12H16ClNO. The van der Waals surface area contributed by atoms with Crippen LogP contribution in [-0.2, 0) is 6.54 Å². The van der Waals surface area contributed by atoms with E-state index in [1.54, 1.807) is 0 Å². The molecule has 0 saturated heterocycles. The van der Waals surface area contributed by atoms with Crippen LogP contribution in [0.2, 0.25) is 5.02 Å². The molecule has 0 spiro atoms. The molecule has 1 fully saturated rings. The molecule has 1 aliphatic rings. The van der Waals surface area contributed by atoms with Crippen LogP contribution in [0.5, 0.6) is 0 Å². The summed E-state index contributed by atoms with van der Waals surface area (Å²) in [5, 5.41) is 13.3. The fraction of sp³-hybridized carbons (Fsp3) is 0.500. The molecule has 0 unspecified atom stereocenters. The molecule has 1 saturated carbocycles. The monoisotopic (exact) mass is 225 g/mol. The first kappa shape index (κ1) is 10.9. The predicted molar refractivity (Wildman–Crippen MR) is 62.1 cm³/mol. The van der Waals surface area contributed by atoms with E-state index in [1.165, 1.54) is 5.56 Å². The Morgan fingerprint density at radius 2 is 2.20 bits per heavy atom. The number of rotatable bonds is 3. The van der Waals surface area contributed by atoms with E-state index in [4.69, 9.17) is 16.7 Å². The number of benzene rings is 1. The summed E-state index contributed by atoms with van der Waals surface area (Å²) in [6, 6.07) is 6.56. The fourth-order valence-electron chi connectivity index (χ4n) is 1.80. The first-order valence-electron chi connectivity index (χ1n) is 5.31. The van der Waals surface area contributed by atoms with Gasteiger partial charge in [0.1, 0.15) is 0 Å². The maximum atomic E-state index is 9.14. The van der Waals surface area contributed by atoms with Crippen LogP contribution in [-0.4, -0.2) is 17.3 Å². The Labute approximate surface area is 95.3 Å². The van der Waals surface area contributed by atoms with Gasteiger partial charge < -0.3 is 10.4 Å². The fourth-order valence-corrected chi connectivity index (χ4v) is 2.11. The number of nitrogens with one attached hydrogen (secondary N) is 1. The smallest absolute Gasteiger partial charge is 0.0570 e. The summed E-state index contributed by atoms with van der Waals surface area (Å²) in [6.45, 7) is 2.82. The Balaban J connectivity index is 1.88. The summed E-state index contributed by atoms with van der Waals surface area (Å²) < 4.78 is 0. The van der Waals surface area contributed by atoms with Crippen molar-refractivity contribution in [3.63, 3.8) is 0 Å². The van der Waals surface area contributed by atoms with Gasteiger partial charge in [0.05, 0.1) is 6.10 Å². The minimum absolute atomic E-state index is 0.101. The second kappa shape index (κ2) is 4.52. The highest BCUT2D eigenvalue weighted by Crippen LogP contribution is 2.22. The second-order valence-electron chi connectivity index (χ2n) is 4.30. The molecular weight excluding hydrogens is 210 g/mol. The third-order valence-electron chi connectivity index (χ3n) is 2.90. The normalized spacial score (nSPS) is 25.0. The molecule has 2 rings (SSSR count). The highest BCUT2D eigenvalue weighted by atomic mass is 35.5. The molecule has 0 aromatic heterocycles. The van der Waals surface area contributed by atoms with Crippen molar-refractivity contribution in [3.05, 3.63) is 34.3 Å². The van der Waals surface area contributed by atoms with Crippen LogP contribution in [0.3, 0.4) is 0 Å². The van der Waals surface area contributed by atoms with Crippen LogP contribution in [0.4, 0.5) is 0 Å². The number of hydrogen-bond acceptors (Lipinski definition) is 2. The molecule has 82 valence electrons. The SMILES string of the molecule is Cc1ccc(CNC2CC(O)C2)c(Cl)c1. The number of halogens is 1.